The van der Waals surface area contributed by atoms with Crippen LogP contribution in [-0.2, 0) is 9.53 Å². The SMILES string of the molecule is COC1(CC(=O)C2CC(C)CC(C)C2)CCC1. The van der Waals surface area contributed by atoms with Crippen molar-refractivity contribution in [1.82, 2.24) is 0 Å². The topological polar surface area (TPSA) is 26.3 Å². The minimum absolute atomic E-state index is 0.0823. The van der Waals surface area contributed by atoms with Gasteiger partial charge in [-0.2, -0.15) is 0 Å². The zero-order valence-corrected chi connectivity index (χ0v) is 11.5. The van der Waals surface area contributed by atoms with Gasteiger partial charge in [-0.05, 0) is 50.4 Å². The molecule has 0 aromatic heterocycles. The quantitative estimate of drug-likeness (QED) is 0.748. The van der Waals surface area contributed by atoms with Gasteiger partial charge < -0.3 is 4.74 Å². The Hall–Kier alpha value is -0.370. The first-order valence-corrected chi connectivity index (χ1v) is 7.12. The van der Waals surface area contributed by atoms with E-state index < -0.39 is 0 Å². The van der Waals surface area contributed by atoms with Crippen molar-refractivity contribution in [3.63, 3.8) is 0 Å². The van der Waals surface area contributed by atoms with Crippen molar-refractivity contribution in [2.24, 2.45) is 17.8 Å². The van der Waals surface area contributed by atoms with Crippen LogP contribution in [0.15, 0.2) is 0 Å². The van der Waals surface area contributed by atoms with E-state index in [-0.39, 0.29) is 5.60 Å². The predicted molar refractivity (Wildman–Crippen MR) is 68.9 cm³/mol. The third kappa shape index (κ3) is 2.90. The summed E-state index contributed by atoms with van der Waals surface area (Å²) in [6, 6.07) is 0. The first-order chi connectivity index (χ1) is 8.04. The highest BCUT2D eigenvalue weighted by Gasteiger charge is 2.41. The molecule has 0 saturated heterocycles. The van der Waals surface area contributed by atoms with Crippen molar-refractivity contribution < 1.29 is 9.53 Å². The Balaban J connectivity index is 1.91. The Morgan fingerprint density at radius 1 is 1.18 bits per heavy atom. The Morgan fingerprint density at radius 3 is 2.18 bits per heavy atom. The summed E-state index contributed by atoms with van der Waals surface area (Å²) in [6.45, 7) is 4.57. The van der Waals surface area contributed by atoms with Crippen molar-refractivity contribution in [2.45, 2.75) is 64.4 Å². The molecule has 0 N–H and O–H groups in total. The van der Waals surface area contributed by atoms with E-state index in [1.54, 1.807) is 7.11 Å². The van der Waals surface area contributed by atoms with Gasteiger partial charge in [0.25, 0.3) is 0 Å². The number of methoxy groups -OCH3 is 1. The van der Waals surface area contributed by atoms with Crippen LogP contribution in [0, 0.1) is 17.8 Å². The molecule has 2 nitrogen and oxygen atoms in total. The lowest BCUT2D eigenvalue weighted by Crippen LogP contribution is -2.43. The number of hydrogen-bond donors (Lipinski definition) is 0. The van der Waals surface area contributed by atoms with Crippen molar-refractivity contribution in [1.29, 1.82) is 0 Å². The molecule has 0 aliphatic heterocycles. The van der Waals surface area contributed by atoms with Gasteiger partial charge in [0.15, 0.2) is 0 Å². The van der Waals surface area contributed by atoms with E-state index in [2.05, 4.69) is 13.8 Å². The van der Waals surface area contributed by atoms with Crippen LogP contribution < -0.4 is 0 Å². The van der Waals surface area contributed by atoms with Gasteiger partial charge >= 0.3 is 0 Å². The van der Waals surface area contributed by atoms with Crippen LogP contribution in [0.3, 0.4) is 0 Å². The summed E-state index contributed by atoms with van der Waals surface area (Å²) in [6.07, 6.45) is 7.53. The van der Waals surface area contributed by atoms with Gasteiger partial charge in [-0.3, -0.25) is 4.79 Å². The first-order valence-electron chi connectivity index (χ1n) is 7.12. The molecule has 2 atom stereocenters. The molecular formula is C15H26O2. The van der Waals surface area contributed by atoms with Gasteiger partial charge in [0, 0.05) is 19.4 Å². The van der Waals surface area contributed by atoms with Crippen LogP contribution >= 0.6 is 0 Å². The molecule has 2 heteroatoms. The van der Waals surface area contributed by atoms with Gasteiger partial charge in [-0.25, -0.2) is 0 Å². The minimum atomic E-state index is -0.0823. The predicted octanol–water partition coefficient (Wildman–Crippen LogP) is 3.59. The van der Waals surface area contributed by atoms with E-state index in [0.29, 0.717) is 30.0 Å². The zero-order valence-electron chi connectivity index (χ0n) is 11.5. The van der Waals surface area contributed by atoms with Crippen LogP contribution in [0.25, 0.3) is 0 Å². The van der Waals surface area contributed by atoms with Gasteiger partial charge in [-0.1, -0.05) is 13.8 Å². The molecule has 2 rings (SSSR count). The van der Waals surface area contributed by atoms with E-state index in [1.165, 1.54) is 12.8 Å². The second-order valence-electron chi connectivity index (χ2n) is 6.50. The number of ether oxygens (including phenoxy) is 1. The Labute approximate surface area is 105 Å². The fraction of sp³-hybridized carbons (Fsp3) is 0.933. The summed E-state index contributed by atoms with van der Waals surface area (Å²) in [5.74, 6) is 2.20. The smallest absolute Gasteiger partial charge is 0.138 e. The zero-order chi connectivity index (χ0) is 12.5. The minimum Gasteiger partial charge on any atom is -0.378 e. The maximum atomic E-state index is 12.4. The Morgan fingerprint density at radius 2 is 1.76 bits per heavy atom. The van der Waals surface area contributed by atoms with Crippen molar-refractivity contribution in [2.75, 3.05) is 7.11 Å². The number of ketones is 1. The molecule has 0 amide bonds. The van der Waals surface area contributed by atoms with Crippen LogP contribution in [0.1, 0.15) is 58.8 Å². The number of Topliss-reactive ketones (excluding diaryl/α,β-unsaturated/α-hetero) is 1. The van der Waals surface area contributed by atoms with Crippen LogP contribution in [0.5, 0.6) is 0 Å². The fourth-order valence-corrected chi connectivity index (χ4v) is 3.70. The van der Waals surface area contributed by atoms with E-state index in [9.17, 15) is 4.79 Å². The molecule has 0 spiro atoms. The highest BCUT2D eigenvalue weighted by atomic mass is 16.5. The third-order valence-corrected chi connectivity index (χ3v) is 4.83. The Bertz CT molecular complexity index is 265. The van der Waals surface area contributed by atoms with Gasteiger partial charge in [-0.15, -0.1) is 0 Å². The molecule has 2 saturated carbocycles. The molecule has 0 aromatic carbocycles. The van der Waals surface area contributed by atoms with E-state index in [0.717, 1.165) is 25.7 Å². The average Bonchev–Trinajstić information content (AvgIpc) is 2.21. The molecule has 2 aliphatic rings. The maximum Gasteiger partial charge on any atom is 0.138 e. The second kappa shape index (κ2) is 5.09. The molecule has 0 heterocycles. The first kappa shape index (κ1) is 13.1. The molecule has 2 unspecified atom stereocenters. The summed E-state index contributed by atoms with van der Waals surface area (Å²) >= 11 is 0. The molecular weight excluding hydrogens is 212 g/mol. The normalized spacial score (nSPS) is 36.3. The molecule has 98 valence electrons. The molecule has 0 radical (unpaired) electrons. The summed E-state index contributed by atoms with van der Waals surface area (Å²) < 4.78 is 5.57. The third-order valence-electron chi connectivity index (χ3n) is 4.83. The lowest BCUT2D eigenvalue weighted by atomic mass is 9.70. The summed E-state index contributed by atoms with van der Waals surface area (Å²) in [5, 5.41) is 0. The summed E-state index contributed by atoms with van der Waals surface area (Å²) in [7, 11) is 1.76. The van der Waals surface area contributed by atoms with E-state index in [1.807, 2.05) is 0 Å². The summed E-state index contributed by atoms with van der Waals surface area (Å²) in [4.78, 5) is 12.4. The second-order valence-corrected chi connectivity index (χ2v) is 6.50. The van der Waals surface area contributed by atoms with Crippen molar-refractivity contribution >= 4 is 5.78 Å². The van der Waals surface area contributed by atoms with Gasteiger partial charge in [0.05, 0.1) is 5.60 Å². The lowest BCUT2D eigenvalue weighted by Gasteiger charge is -2.41. The highest BCUT2D eigenvalue weighted by molar-refractivity contribution is 5.82. The van der Waals surface area contributed by atoms with Crippen LogP contribution in [0.4, 0.5) is 0 Å². The summed E-state index contributed by atoms with van der Waals surface area (Å²) in [5.41, 5.74) is -0.0823. The van der Waals surface area contributed by atoms with Crippen molar-refractivity contribution in [3.05, 3.63) is 0 Å². The molecule has 17 heavy (non-hydrogen) atoms. The monoisotopic (exact) mass is 238 g/mol. The highest BCUT2D eigenvalue weighted by Crippen LogP contribution is 2.41. The number of rotatable bonds is 4. The Kier molecular flexibility index (Phi) is 3.92. The number of hydrogen-bond acceptors (Lipinski definition) is 2. The van der Waals surface area contributed by atoms with Crippen LogP contribution in [-0.4, -0.2) is 18.5 Å². The molecule has 2 fully saturated rings. The number of carbonyl (C=O) groups excluding carboxylic acids is 1. The average molecular weight is 238 g/mol. The van der Waals surface area contributed by atoms with Gasteiger partial charge in [0.2, 0.25) is 0 Å². The van der Waals surface area contributed by atoms with E-state index >= 15 is 0 Å². The fourth-order valence-electron chi connectivity index (χ4n) is 3.70. The van der Waals surface area contributed by atoms with Crippen LogP contribution in [0.2, 0.25) is 0 Å². The maximum absolute atomic E-state index is 12.4. The van der Waals surface area contributed by atoms with Crippen molar-refractivity contribution in [3.8, 4) is 0 Å². The molecule has 2 aliphatic carbocycles. The largest absolute Gasteiger partial charge is 0.378 e. The molecule has 0 aromatic rings. The number of carbonyl (C=O) groups is 1. The van der Waals surface area contributed by atoms with Gasteiger partial charge in [0.1, 0.15) is 5.78 Å². The standard InChI is InChI=1S/C15H26O2/c1-11-7-12(2)9-13(8-11)14(16)10-15(17-3)5-4-6-15/h11-13H,4-10H2,1-3H3. The van der Waals surface area contributed by atoms with E-state index in [4.69, 9.17) is 4.74 Å². The molecule has 0 bridgehead atoms. The lowest BCUT2D eigenvalue weighted by molar-refractivity contribution is -0.137.